The highest BCUT2D eigenvalue weighted by Gasteiger charge is 2.42. The van der Waals surface area contributed by atoms with Crippen LogP contribution in [-0.4, -0.2) is 61.0 Å². The summed E-state index contributed by atoms with van der Waals surface area (Å²) in [4.78, 5) is 37.4. The van der Waals surface area contributed by atoms with Gasteiger partial charge in [0.15, 0.2) is 0 Å². The number of carbonyl (C=O) groups excluding carboxylic acids is 2. The molecule has 1 unspecified atom stereocenters. The maximum Gasteiger partial charge on any atom is 0.247 e. The van der Waals surface area contributed by atoms with E-state index in [1.165, 1.54) is 6.33 Å². The third-order valence-electron chi connectivity index (χ3n) is 6.15. The second-order valence-electron chi connectivity index (χ2n) is 7.95. The van der Waals surface area contributed by atoms with Crippen LogP contribution >= 0.6 is 0 Å². The third kappa shape index (κ3) is 3.76. The zero-order valence-corrected chi connectivity index (χ0v) is 16.2. The molecule has 1 atom stereocenters. The van der Waals surface area contributed by atoms with Gasteiger partial charge in [0, 0.05) is 32.3 Å². The van der Waals surface area contributed by atoms with E-state index in [0.29, 0.717) is 13.0 Å². The SMILES string of the molecule is CC(C(=O)N1CCC2(CCC(=O)N(Cc3ccccn3)C2)CC1)n1cncn1. The standard InChI is InChI=1S/C20H26N6O2/c1-16(26-15-21-14-23-26)19(28)24-10-7-20(8-11-24)6-5-18(27)25(13-20)12-17-4-2-3-9-22-17/h2-4,9,14-16H,5-8,10-13H2,1H3. The molecule has 0 N–H and O–H groups in total. The Bertz CT molecular complexity index is 814. The van der Waals surface area contributed by atoms with Crippen molar-refractivity contribution in [1.82, 2.24) is 29.5 Å². The molecule has 2 aliphatic heterocycles. The van der Waals surface area contributed by atoms with Crippen molar-refractivity contribution in [1.29, 1.82) is 0 Å². The molecule has 2 saturated heterocycles. The van der Waals surface area contributed by atoms with Crippen LogP contribution < -0.4 is 0 Å². The minimum absolute atomic E-state index is 0.0811. The lowest BCUT2D eigenvalue weighted by Gasteiger charge is -2.47. The molecule has 4 heterocycles. The number of piperidine rings is 2. The van der Waals surface area contributed by atoms with Gasteiger partial charge in [-0.05, 0) is 43.7 Å². The van der Waals surface area contributed by atoms with Crippen LogP contribution in [0.3, 0.4) is 0 Å². The Hall–Kier alpha value is -2.77. The molecule has 1 spiro atoms. The average molecular weight is 382 g/mol. The van der Waals surface area contributed by atoms with Crippen molar-refractivity contribution < 1.29 is 9.59 Å². The van der Waals surface area contributed by atoms with Crippen LogP contribution in [0.15, 0.2) is 37.1 Å². The van der Waals surface area contributed by atoms with Gasteiger partial charge < -0.3 is 9.80 Å². The zero-order valence-electron chi connectivity index (χ0n) is 16.2. The highest BCUT2D eigenvalue weighted by molar-refractivity contribution is 5.80. The Morgan fingerprint density at radius 2 is 2.07 bits per heavy atom. The lowest BCUT2D eigenvalue weighted by molar-refractivity contribution is -0.144. The van der Waals surface area contributed by atoms with E-state index in [0.717, 1.165) is 44.6 Å². The first-order chi connectivity index (χ1) is 13.6. The topological polar surface area (TPSA) is 84.2 Å². The number of hydrogen-bond acceptors (Lipinski definition) is 5. The molecule has 2 aliphatic rings. The summed E-state index contributed by atoms with van der Waals surface area (Å²) in [5, 5.41) is 4.08. The number of likely N-dealkylation sites (tertiary alicyclic amines) is 2. The van der Waals surface area contributed by atoms with Crippen LogP contribution in [0.4, 0.5) is 0 Å². The fraction of sp³-hybridized carbons (Fsp3) is 0.550. The zero-order chi connectivity index (χ0) is 19.6. The van der Waals surface area contributed by atoms with Crippen molar-refractivity contribution in [3.05, 3.63) is 42.7 Å². The second kappa shape index (κ2) is 7.69. The molecule has 2 aromatic rings. The first-order valence-electron chi connectivity index (χ1n) is 9.87. The Morgan fingerprint density at radius 1 is 1.25 bits per heavy atom. The lowest BCUT2D eigenvalue weighted by atomic mass is 9.72. The molecule has 0 aliphatic carbocycles. The Balaban J connectivity index is 1.37. The fourth-order valence-corrected chi connectivity index (χ4v) is 4.34. The normalized spacial score (nSPS) is 20.4. The van der Waals surface area contributed by atoms with Gasteiger partial charge in [-0.3, -0.25) is 14.6 Å². The first kappa shape index (κ1) is 18.6. The minimum Gasteiger partial charge on any atom is -0.341 e. The highest BCUT2D eigenvalue weighted by atomic mass is 16.2. The molecule has 8 heteroatoms. The van der Waals surface area contributed by atoms with Gasteiger partial charge in [0.05, 0.1) is 12.2 Å². The highest BCUT2D eigenvalue weighted by Crippen LogP contribution is 2.40. The second-order valence-corrected chi connectivity index (χ2v) is 7.95. The smallest absolute Gasteiger partial charge is 0.247 e. The van der Waals surface area contributed by atoms with Gasteiger partial charge in [-0.1, -0.05) is 6.07 Å². The molecular formula is C20H26N6O2. The van der Waals surface area contributed by atoms with Crippen LogP contribution in [-0.2, 0) is 16.1 Å². The van der Waals surface area contributed by atoms with Gasteiger partial charge in [0.25, 0.3) is 0 Å². The lowest BCUT2D eigenvalue weighted by Crippen LogP contribution is -2.52. The van der Waals surface area contributed by atoms with E-state index in [-0.39, 0.29) is 23.3 Å². The van der Waals surface area contributed by atoms with Crippen LogP contribution in [0.1, 0.15) is 44.3 Å². The third-order valence-corrected chi connectivity index (χ3v) is 6.15. The molecule has 2 aromatic heterocycles. The summed E-state index contributed by atoms with van der Waals surface area (Å²) < 4.78 is 1.60. The Kier molecular flexibility index (Phi) is 5.11. The molecule has 0 bridgehead atoms. The van der Waals surface area contributed by atoms with Crippen molar-refractivity contribution in [3.8, 4) is 0 Å². The van der Waals surface area contributed by atoms with E-state index in [9.17, 15) is 9.59 Å². The number of amides is 2. The van der Waals surface area contributed by atoms with Gasteiger partial charge in [-0.2, -0.15) is 5.10 Å². The van der Waals surface area contributed by atoms with Crippen molar-refractivity contribution >= 4 is 11.8 Å². The number of pyridine rings is 1. The molecule has 28 heavy (non-hydrogen) atoms. The molecule has 148 valence electrons. The van der Waals surface area contributed by atoms with Crippen LogP contribution in [0.25, 0.3) is 0 Å². The maximum absolute atomic E-state index is 12.8. The van der Waals surface area contributed by atoms with Gasteiger partial charge in [-0.15, -0.1) is 0 Å². The van der Waals surface area contributed by atoms with Gasteiger partial charge in [0.1, 0.15) is 18.7 Å². The maximum atomic E-state index is 12.8. The fourth-order valence-electron chi connectivity index (χ4n) is 4.34. The molecule has 2 fully saturated rings. The minimum atomic E-state index is -0.342. The van der Waals surface area contributed by atoms with Crippen molar-refractivity contribution in [3.63, 3.8) is 0 Å². The van der Waals surface area contributed by atoms with Crippen LogP contribution in [0.5, 0.6) is 0 Å². The number of aromatic nitrogens is 4. The summed E-state index contributed by atoms with van der Waals surface area (Å²) in [6, 6.07) is 5.45. The Labute approximate surface area is 164 Å². The number of hydrogen-bond donors (Lipinski definition) is 0. The molecule has 0 saturated carbocycles. The summed E-state index contributed by atoms with van der Waals surface area (Å²) in [5.41, 5.74) is 1.03. The summed E-state index contributed by atoms with van der Waals surface area (Å²) in [6.45, 7) is 4.62. The molecular weight excluding hydrogens is 356 g/mol. The van der Waals surface area contributed by atoms with E-state index in [1.807, 2.05) is 34.9 Å². The summed E-state index contributed by atoms with van der Waals surface area (Å²) in [5.74, 6) is 0.284. The summed E-state index contributed by atoms with van der Waals surface area (Å²) >= 11 is 0. The van der Waals surface area contributed by atoms with E-state index < -0.39 is 0 Å². The van der Waals surface area contributed by atoms with E-state index in [4.69, 9.17) is 0 Å². The van der Waals surface area contributed by atoms with E-state index >= 15 is 0 Å². The van der Waals surface area contributed by atoms with Gasteiger partial charge >= 0.3 is 0 Å². The van der Waals surface area contributed by atoms with Gasteiger partial charge in [0.2, 0.25) is 11.8 Å². The average Bonchev–Trinajstić information content (AvgIpc) is 3.26. The summed E-state index contributed by atoms with van der Waals surface area (Å²) in [6.07, 6.45) is 8.13. The molecule has 0 radical (unpaired) electrons. The molecule has 2 amide bonds. The largest absolute Gasteiger partial charge is 0.341 e. The number of carbonyl (C=O) groups is 2. The number of rotatable bonds is 4. The quantitative estimate of drug-likeness (QED) is 0.803. The summed E-state index contributed by atoms with van der Waals surface area (Å²) in [7, 11) is 0. The van der Waals surface area contributed by atoms with E-state index in [2.05, 4.69) is 15.1 Å². The first-order valence-corrected chi connectivity index (χ1v) is 9.87. The van der Waals surface area contributed by atoms with Crippen molar-refractivity contribution in [2.75, 3.05) is 19.6 Å². The van der Waals surface area contributed by atoms with E-state index in [1.54, 1.807) is 17.2 Å². The Morgan fingerprint density at radius 3 is 2.75 bits per heavy atom. The monoisotopic (exact) mass is 382 g/mol. The molecule has 4 rings (SSSR count). The predicted octanol–water partition coefficient (Wildman–Crippen LogP) is 1.67. The molecule has 8 nitrogen and oxygen atoms in total. The van der Waals surface area contributed by atoms with Crippen molar-refractivity contribution in [2.24, 2.45) is 5.41 Å². The predicted molar refractivity (Wildman–Crippen MR) is 102 cm³/mol. The van der Waals surface area contributed by atoms with Crippen LogP contribution in [0.2, 0.25) is 0 Å². The van der Waals surface area contributed by atoms with Gasteiger partial charge in [-0.25, -0.2) is 9.67 Å². The van der Waals surface area contributed by atoms with Crippen molar-refractivity contribution in [2.45, 2.75) is 45.2 Å². The van der Waals surface area contributed by atoms with Crippen LogP contribution in [0, 0.1) is 5.41 Å². The number of nitrogens with zero attached hydrogens (tertiary/aromatic N) is 6. The molecule has 0 aromatic carbocycles.